The van der Waals surface area contributed by atoms with E-state index in [0.29, 0.717) is 59.5 Å². The van der Waals surface area contributed by atoms with E-state index in [2.05, 4.69) is 37.3 Å². The Morgan fingerprint density at radius 2 is 0.702 bits per heavy atom. The van der Waals surface area contributed by atoms with Crippen LogP contribution >= 0.6 is 0 Å². The van der Waals surface area contributed by atoms with Crippen molar-refractivity contribution >= 4 is 28.0 Å². The summed E-state index contributed by atoms with van der Waals surface area (Å²) in [6, 6.07) is 30.4. The first-order valence-corrected chi connectivity index (χ1v) is 25.2. The van der Waals surface area contributed by atoms with Gasteiger partial charge in [0.25, 0.3) is 5.97 Å². The maximum absolute atomic E-state index is 6.08. The second-order valence-corrected chi connectivity index (χ2v) is 18.0. The van der Waals surface area contributed by atoms with Crippen molar-refractivity contribution in [2.75, 3.05) is 59.5 Å². The quantitative estimate of drug-likeness (QED) is 0.0386. The number of ether oxygens (including phenoxy) is 3. The van der Waals surface area contributed by atoms with Crippen molar-refractivity contribution in [1.29, 1.82) is 0 Å². The molecule has 0 fully saturated rings. The highest BCUT2D eigenvalue weighted by Gasteiger charge is 2.44. The summed E-state index contributed by atoms with van der Waals surface area (Å²) in [5.74, 6) is -0.900. The predicted octanol–water partition coefficient (Wildman–Crippen LogP) is 10.2. The zero-order chi connectivity index (χ0) is 42.1. The van der Waals surface area contributed by atoms with Crippen molar-refractivity contribution in [1.82, 2.24) is 0 Å². The largest absolute Gasteiger partial charge is 0.537 e. The van der Waals surface area contributed by atoms with Gasteiger partial charge in [0.2, 0.25) is 0 Å². The fraction of sp³-hybridized carbons (Fsp3) is 0.609. The Morgan fingerprint density at radius 3 is 1.02 bits per heavy atom. The third kappa shape index (κ3) is 18.7. The van der Waals surface area contributed by atoms with Crippen LogP contribution in [0.25, 0.3) is 0 Å². The highest BCUT2D eigenvalue weighted by molar-refractivity contribution is 6.75. The normalized spacial score (nSPS) is 12.3. The van der Waals surface area contributed by atoms with E-state index in [9.17, 15) is 0 Å². The average molecular weight is 831 g/mol. The van der Waals surface area contributed by atoms with Gasteiger partial charge in [0, 0.05) is 69.8 Å². The Bertz CT molecular complexity index is 1210. The van der Waals surface area contributed by atoms with E-state index in [0.717, 1.165) is 23.2 Å². The van der Waals surface area contributed by atoms with E-state index in [-0.39, 0.29) is 5.92 Å². The molecule has 0 spiro atoms. The van der Waals surface area contributed by atoms with E-state index >= 15 is 0 Å². The molecule has 0 aliphatic carbocycles. The lowest BCUT2D eigenvalue weighted by molar-refractivity contribution is -0.389. The number of hydrogen-bond acceptors (Lipinski definition) is 9. The third-order valence-corrected chi connectivity index (χ3v) is 14.9. The second kappa shape index (κ2) is 32.6. The highest BCUT2D eigenvalue weighted by Crippen LogP contribution is 2.38. The van der Waals surface area contributed by atoms with Crippen LogP contribution in [0, 0.1) is 0 Å². The minimum absolute atomic E-state index is 0.0831. The molecule has 1 atom stereocenters. The zero-order valence-corrected chi connectivity index (χ0v) is 39.2. The smallest absolute Gasteiger partial charge is 0.370 e. The molecular formula is C46H78O9Si2. The molecule has 3 rings (SSSR count). The van der Waals surface area contributed by atoms with Crippen LogP contribution in [-0.4, -0.2) is 83.0 Å². The van der Waals surface area contributed by atoms with Gasteiger partial charge in [-0.3, -0.25) is 0 Å². The van der Waals surface area contributed by atoms with E-state index < -0.39 is 23.6 Å². The van der Waals surface area contributed by atoms with Crippen molar-refractivity contribution in [3.8, 4) is 0 Å². The van der Waals surface area contributed by atoms with Crippen molar-refractivity contribution in [2.45, 2.75) is 126 Å². The van der Waals surface area contributed by atoms with Crippen LogP contribution in [-0.2, 0) is 40.8 Å². The van der Waals surface area contributed by atoms with Gasteiger partial charge in [-0.2, -0.15) is 0 Å². The lowest BCUT2D eigenvalue weighted by Crippen LogP contribution is -2.56. The van der Waals surface area contributed by atoms with Gasteiger partial charge in [0.1, 0.15) is 0 Å². The monoisotopic (exact) mass is 831 g/mol. The standard InChI is InChI=1S/C22H38O3.2C12H20O3Si/c1-5-9-10-11-12-16-19-21(20-17-14-13-15-18-20)22(23-6-2,24-7-3)25-8-4;2*1-4-13-16(14-5-2,15-6-3)12-10-8-7-9-11-12/h13-15,17-18,21H,5-12,16,19H2,1-4H3;2*7-11H,4-6H2,1-3H3. The Morgan fingerprint density at radius 1 is 0.386 bits per heavy atom. The van der Waals surface area contributed by atoms with Crippen molar-refractivity contribution in [3.05, 3.63) is 96.6 Å². The van der Waals surface area contributed by atoms with E-state index in [1.54, 1.807) is 0 Å². The third-order valence-electron chi connectivity index (χ3n) is 8.77. The molecule has 0 radical (unpaired) electrons. The molecule has 3 aromatic rings. The molecule has 0 N–H and O–H groups in total. The van der Waals surface area contributed by atoms with Gasteiger partial charge >= 0.3 is 17.6 Å². The molecule has 0 bridgehead atoms. The number of rotatable bonds is 29. The second-order valence-electron chi connectivity index (χ2n) is 12.9. The Labute approximate surface area is 349 Å². The van der Waals surface area contributed by atoms with Crippen molar-refractivity contribution in [2.24, 2.45) is 0 Å². The number of hydrogen-bond donors (Lipinski definition) is 0. The molecule has 0 amide bonds. The first-order valence-electron chi connectivity index (χ1n) is 21.7. The number of unbranched alkanes of at least 4 members (excludes halogenated alkanes) is 5. The van der Waals surface area contributed by atoms with Crippen LogP contribution in [0.4, 0.5) is 0 Å². The topological polar surface area (TPSA) is 83.1 Å². The molecule has 0 heterocycles. The van der Waals surface area contributed by atoms with Gasteiger partial charge in [-0.25, -0.2) is 0 Å². The van der Waals surface area contributed by atoms with Crippen LogP contribution in [0.1, 0.15) is 126 Å². The fourth-order valence-electron chi connectivity index (χ4n) is 6.57. The molecule has 11 heteroatoms. The predicted molar refractivity (Wildman–Crippen MR) is 238 cm³/mol. The summed E-state index contributed by atoms with van der Waals surface area (Å²) in [6.07, 6.45) is 8.69. The van der Waals surface area contributed by atoms with Gasteiger partial charge in [-0.1, -0.05) is 136 Å². The van der Waals surface area contributed by atoms with Gasteiger partial charge in [0.05, 0.1) is 5.92 Å². The van der Waals surface area contributed by atoms with Gasteiger partial charge in [-0.05, 0) is 74.3 Å². The molecular weight excluding hydrogens is 753 g/mol. The SMILES string of the molecule is CCCCCCCCC(c1ccccc1)C(OCC)(OCC)OCC.CCO[Si](OCC)(OCC)c1ccccc1.CCO[Si](OCC)(OCC)c1ccccc1. The molecule has 0 saturated carbocycles. The summed E-state index contributed by atoms with van der Waals surface area (Å²) in [4.78, 5) is 0. The lowest BCUT2D eigenvalue weighted by atomic mass is 9.90. The zero-order valence-electron chi connectivity index (χ0n) is 37.2. The lowest BCUT2D eigenvalue weighted by Gasteiger charge is -2.39. The summed E-state index contributed by atoms with van der Waals surface area (Å²) in [5.41, 5.74) is 1.23. The van der Waals surface area contributed by atoms with E-state index in [1.165, 1.54) is 37.7 Å². The fourth-order valence-corrected chi connectivity index (χ4v) is 11.5. The summed E-state index contributed by atoms with van der Waals surface area (Å²) < 4.78 is 53.0. The van der Waals surface area contributed by atoms with Crippen LogP contribution in [0.2, 0.25) is 0 Å². The first-order chi connectivity index (χ1) is 27.8. The van der Waals surface area contributed by atoms with Gasteiger partial charge < -0.3 is 40.8 Å². The van der Waals surface area contributed by atoms with E-state index in [1.807, 2.05) is 123 Å². The summed E-state index contributed by atoms with van der Waals surface area (Å²) in [7, 11) is -5.34. The highest BCUT2D eigenvalue weighted by atomic mass is 28.4. The first kappa shape index (κ1) is 52.8. The maximum atomic E-state index is 6.08. The molecule has 324 valence electrons. The molecule has 0 aliphatic heterocycles. The minimum Gasteiger partial charge on any atom is -0.370 e. The maximum Gasteiger partial charge on any atom is 0.537 e. The van der Waals surface area contributed by atoms with Crippen LogP contribution in [0.3, 0.4) is 0 Å². The number of benzene rings is 3. The Balaban J connectivity index is 0.000000445. The summed E-state index contributed by atoms with van der Waals surface area (Å²) >= 11 is 0. The summed E-state index contributed by atoms with van der Waals surface area (Å²) in [6.45, 7) is 25.3. The van der Waals surface area contributed by atoms with E-state index in [4.69, 9.17) is 40.8 Å². The van der Waals surface area contributed by atoms with Crippen LogP contribution in [0.15, 0.2) is 91.0 Å². The Hall–Kier alpha value is -2.27. The Kier molecular flexibility index (Phi) is 30.1. The van der Waals surface area contributed by atoms with Gasteiger partial charge in [0.15, 0.2) is 0 Å². The minimum atomic E-state index is -2.67. The van der Waals surface area contributed by atoms with Crippen LogP contribution in [0.5, 0.6) is 0 Å². The molecule has 0 aliphatic rings. The van der Waals surface area contributed by atoms with Crippen molar-refractivity contribution in [3.63, 3.8) is 0 Å². The van der Waals surface area contributed by atoms with Crippen LogP contribution < -0.4 is 10.4 Å². The van der Waals surface area contributed by atoms with Crippen molar-refractivity contribution < 1.29 is 40.8 Å². The molecule has 9 nitrogen and oxygen atoms in total. The molecule has 0 aromatic heterocycles. The summed E-state index contributed by atoms with van der Waals surface area (Å²) in [5, 5.41) is 2.06. The molecule has 0 saturated heterocycles. The van der Waals surface area contributed by atoms with Gasteiger partial charge in [-0.15, -0.1) is 0 Å². The molecule has 57 heavy (non-hydrogen) atoms. The molecule has 3 aromatic carbocycles. The molecule has 1 unspecified atom stereocenters. The average Bonchev–Trinajstić information content (AvgIpc) is 3.23.